The Morgan fingerprint density at radius 2 is 1.80 bits per heavy atom. The molecular weight excluding hydrogens is 322 g/mol. The summed E-state index contributed by atoms with van der Waals surface area (Å²) < 4.78 is 10.5. The predicted octanol–water partition coefficient (Wildman–Crippen LogP) is 1.58. The molecule has 0 fully saturated rings. The van der Waals surface area contributed by atoms with Gasteiger partial charge in [-0.1, -0.05) is 24.3 Å². The van der Waals surface area contributed by atoms with Crippen LogP contribution >= 0.6 is 0 Å². The minimum Gasteiger partial charge on any atom is -0.493 e. The smallest absolute Gasteiger partial charge is 0.259 e. The number of ether oxygens (including phenoxy) is 2. The number of methoxy groups -OCH3 is 2. The Morgan fingerprint density at radius 3 is 2.48 bits per heavy atom. The number of hydrazone groups is 1. The van der Waals surface area contributed by atoms with Crippen LogP contribution in [0.5, 0.6) is 11.5 Å². The quantitative estimate of drug-likeness (QED) is 0.591. The Bertz CT molecular complexity index is 760. The second-order valence-corrected chi connectivity index (χ2v) is 4.92. The molecule has 0 aliphatic heterocycles. The summed E-state index contributed by atoms with van der Waals surface area (Å²) in [4.78, 5) is 23.6. The second-order valence-electron chi connectivity index (χ2n) is 4.92. The molecule has 2 aromatic rings. The van der Waals surface area contributed by atoms with Crippen molar-refractivity contribution in [3.05, 3.63) is 59.7 Å². The Morgan fingerprint density at radius 1 is 1.04 bits per heavy atom. The lowest BCUT2D eigenvalue weighted by atomic mass is 10.2. The van der Waals surface area contributed by atoms with Crippen LogP contribution in [0.4, 0.5) is 0 Å². The number of hydrogen-bond acceptors (Lipinski definition) is 5. The molecule has 7 nitrogen and oxygen atoms in total. The molecule has 0 saturated heterocycles. The number of carbonyl (C=O) groups excluding carboxylic acids is 2. The van der Waals surface area contributed by atoms with Crippen LogP contribution in [-0.4, -0.2) is 38.8 Å². The fourth-order valence-electron chi connectivity index (χ4n) is 2.08. The van der Waals surface area contributed by atoms with Gasteiger partial charge in [0, 0.05) is 11.1 Å². The van der Waals surface area contributed by atoms with Gasteiger partial charge in [0.1, 0.15) is 0 Å². The van der Waals surface area contributed by atoms with Gasteiger partial charge in [0.25, 0.3) is 11.8 Å². The van der Waals surface area contributed by atoms with Crippen LogP contribution in [0.2, 0.25) is 0 Å². The van der Waals surface area contributed by atoms with E-state index >= 15 is 0 Å². The van der Waals surface area contributed by atoms with Gasteiger partial charge >= 0.3 is 0 Å². The first kappa shape index (κ1) is 18.0. The summed E-state index contributed by atoms with van der Waals surface area (Å²) in [5.41, 5.74) is 3.48. The van der Waals surface area contributed by atoms with Crippen LogP contribution in [0.3, 0.4) is 0 Å². The van der Waals surface area contributed by atoms with Crippen molar-refractivity contribution in [2.24, 2.45) is 5.10 Å². The molecule has 2 aromatic carbocycles. The zero-order chi connectivity index (χ0) is 18.1. The highest BCUT2D eigenvalue weighted by molar-refractivity contribution is 5.96. The van der Waals surface area contributed by atoms with Gasteiger partial charge in [-0.15, -0.1) is 0 Å². The number of hydrogen-bond donors (Lipinski definition) is 2. The lowest BCUT2D eigenvalue weighted by Gasteiger charge is -2.09. The lowest BCUT2D eigenvalue weighted by molar-refractivity contribution is -0.120. The van der Waals surface area contributed by atoms with E-state index in [4.69, 9.17) is 9.47 Å². The molecule has 130 valence electrons. The summed E-state index contributed by atoms with van der Waals surface area (Å²) in [6.07, 6.45) is 1.44. The summed E-state index contributed by atoms with van der Waals surface area (Å²) in [7, 11) is 3.06. The molecule has 0 bridgehead atoms. The van der Waals surface area contributed by atoms with Crippen LogP contribution in [0.25, 0.3) is 0 Å². The maximum absolute atomic E-state index is 11.8. The lowest BCUT2D eigenvalue weighted by Crippen LogP contribution is -2.34. The summed E-state index contributed by atoms with van der Waals surface area (Å²) >= 11 is 0. The Labute approximate surface area is 145 Å². The highest BCUT2D eigenvalue weighted by atomic mass is 16.5. The maximum atomic E-state index is 11.8. The van der Waals surface area contributed by atoms with Crippen molar-refractivity contribution in [3.8, 4) is 11.5 Å². The van der Waals surface area contributed by atoms with Crippen LogP contribution in [0.1, 0.15) is 15.9 Å². The topological polar surface area (TPSA) is 89.0 Å². The second kappa shape index (κ2) is 9.07. The first-order valence-electron chi connectivity index (χ1n) is 7.52. The maximum Gasteiger partial charge on any atom is 0.259 e. The third-order valence-corrected chi connectivity index (χ3v) is 3.27. The van der Waals surface area contributed by atoms with Gasteiger partial charge in [0.2, 0.25) is 0 Å². The summed E-state index contributed by atoms with van der Waals surface area (Å²) in [5, 5.41) is 6.38. The first-order valence-corrected chi connectivity index (χ1v) is 7.52. The van der Waals surface area contributed by atoms with Crippen LogP contribution in [0.15, 0.2) is 53.6 Å². The number of rotatable bonds is 7. The fourth-order valence-corrected chi connectivity index (χ4v) is 2.08. The first-order chi connectivity index (χ1) is 12.2. The highest BCUT2D eigenvalue weighted by Crippen LogP contribution is 2.29. The molecule has 0 saturated carbocycles. The summed E-state index contributed by atoms with van der Waals surface area (Å²) in [5.74, 6) is 0.310. The van der Waals surface area contributed by atoms with Gasteiger partial charge in [-0.2, -0.15) is 5.10 Å². The standard InChI is InChI=1S/C18H19N3O4/c1-24-15-10-6-9-14(17(15)25-2)11-20-21-16(22)12-19-18(23)13-7-4-3-5-8-13/h3-11H,12H2,1-2H3,(H,19,23)(H,21,22)/b20-11+. The van der Waals surface area contributed by atoms with Crippen molar-refractivity contribution < 1.29 is 19.1 Å². The largest absolute Gasteiger partial charge is 0.493 e. The van der Waals surface area contributed by atoms with E-state index in [0.29, 0.717) is 22.6 Å². The van der Waals surface area contributed by atoms with Gasteiger partial charge in [-0.25, -0.2) is 5.43 Å². The van der Waals surface area contributed by atoms with E-state index in [2.05, 4.69) is 15.8 Å². The normalized spacial score (nSPS) is 10.3. The number of para-hydroxylation sites is 1. The van der Waals surface area contributed by atoms with E-state index in [1.807, 2.05) is 6.07 Å². The summed E-state index contributed by atoms with van der Waals surface area (Å²) in [6, 6.07) is 14.0. The number of carbonyl (C=O) groups is 2. The Hall–Kier alpha value is -3.35. The Balaban J connectivity index is 1.88. The molecule has 0 radical (unpaired) electrons. The number of benzene rings is 2. The van der Waals surface area contributed by atoms with Crippen LogP contribution in [0, 0.1) is 0 Å². The minimum atomic E-state index is -0.442. The van der Waals surface area contributed by atoms with Gasteiger partial charge in [0.05, 0.1) is 27.0 Å². The molecule has 0 spiro atoms. The van der Waals surface area contributed by atoms with Gasteiger partial charge < -0.3 is 14.8 Å². The van der Waals surface area contributed by atoms with Crippen molar-refractivity contribution in [2.75, 3.05) is 20.8 Å². The van der Waals surface area contributed by atoms with E-state index in [9.17, 15) is 9.59 Å². The van der Waals surface area contributed by atoms with Crippen molar-refractivity contribution >= 4 is 18.0 Å². The average molecular weight is 341 g/mol. The SMILES string of the molecule is COc1cccc(/C=N/NC(=O)CNC(=O)c2ccccc2)c1OC. The third-order valence-electron chi connectivity index (χ3n) is 3.27. The number of nitrogens with zero attached hydrogens (tertiary/aromatic N) is 1. The van der Waals surface area contributed by atoms with Crippen molar-refractivity contribution in [3.63, 3.8) is 0 Å². The summed E-state index contributed by atoms with van der Waals surface area (Å²) in [6.45, 7) is -0.180. The molecule has 0 unspecified atom stereocenters. The van der Waals surface area contributed by atoms with Crippen molar-refractivity contribution in [1.29, 1.82) is 0 Å². The van der Waals surface area contributed by atoms with E-state index < -0.39 is 5.91 Å². The van der Waals surface area contributed by atoms with Crippen molar-refractivity contribution in [2.45, 2.75) is 0 Å². The number of nitrogens with one attached hydrogen (secondary N) is 2. The molecule has 0 aliphatic rings. The van der Waals surface area contributed by atoms with E-state index in [1.165, 1.54) is 20.4 Å². The third kappa shape index (κ3) is 5.07. The molecular formula is C18H19N3O4. The zero-order valence-corrected chi connectivity index (χ0v) is 14.0. The molecule has 2 N–H and O–H groups in total. The minimum absolute atomic E-state index is 0.180. The number of amides is 2. The van der Waals surface area contributed by atoms with E-state index in [0.717, 1.165) is 0 Å². The monoisotopic (exact) mass is 341 g/mol. The van der Waals surface area contributed by atoms with Gasteiger partial charge in [-0.05, 0) is 24.3 Å². The predicted molar refractivity (Wildman–Crippen MR) is 94.1 cm³/mol. The van der Waals surface area contributed by atoms with Crippen molar-refractivity contribution in [1.82, 2.24) is 10.7 Å². The van der Waals surface area contributed by atoms with Crippen LogP contribution < -0.4 is 20.2 Å². The molecule has 7 heteroatoms. The zero-order valence-electron chi connectivity index (χ0n) is 14.0. The van der Waals surface area contributed by atoms with Gasteiger partial charge in [-0.3, -0.25) is 9.59 Å². The average Bonchev–Trinajstić information content (AvgIpc) is 2.66. The molecule has 0 atom stereocenters. The molecule has 2 rings (SSSR count). The molecule has 25 heavy (non-hydrogen) atoms. The van der Waals surface area contributed by atoms with E-state index in [1.54, 1.807) is 42.5 Å². The Kier molecular flexibility index (Phi) is 6.53. The molecule has 2 amide bonds. The molecule has 0 heterocycles. The van der Waals surface area contributed by atoms with Crippen LogP contribution in [-0.2, 0) is 4.79 Å². The van der Waals surface area contributed by atoms with E-state index in [-0.39, 0.29) is 12.5 Å². The molecule has 0 aromatic heterocycles. The molecule has 0 aliphatic carbocycles. The fraction of sp³-hybridized carbons (Fsp3) is 0.167. The van der Waals surface area contributed by atoms with Gasteiger partial charge in [0.15, 0.2) is 11.5 Å². The highest BCUT2D eigenvalue weighted by Gasteiger charge is 2.08.